The van der Waals surface area contributed by atoms with Gasteiger partial charge in [0.25, 0.3) is 0 Å². The van der Waals surface area contributed by atoms with E-state index >= 15 is 0 Å². The first-order valence-electron chi connectivity index (χ1n) is 7.92. The maximum absolute atomic E-state index is 12.2. The van der Waals surface area contributed by atoms with Crippen LogP contribution in [0.25, 0.3) is 0 Å². The van der Waals surface area contributed by atoms with Gasteiger partial charge in [-0.25, -0.2) is 0 Å². The highest BCUT2D eigenvalue weighted by Gasteiger charge is 2.26. The van der Waals surface area contributed by atoms with Crippen molar-refractivity contribution < 1.29 is 4.79 Å². The van der Waals surface area contributed by atoms with Crippen molar-refractivity contribution in [3.05, 3.63) is 35.9 Å². The third-order valence-electron chi connectivity index (χ3n) is 4.06. The van der Waals surface area contributed by atoms with Gasteiger partial charge in [0, 0.05) is 23.8 Å². The maximum atomic E-state index is 12.2. The highest BCUT2D eigenvalue weighted by atomic mass is 32.2. The van der Waals surface area contributed by atoms with Crippen molar-refractivity contribution >= 4 is 17.7 Å². The van der Waals surface area contributed by atoms with E-state index in [-0.39, 0.29) is 11.9 Å². The van der Waals surface area contributed by atoms with Gasteiger partial charge in [-0.3, -0.25) is 4.79 Å². The Bertz CT molecular complexity index is 436. The molecular formula is C17H26N2OS. The predicted molar refractivity (Wildman–Crippen MR) is 90.3 cm³/mol. The van der Waals surface area contributed by atoms with Crippen LogP contribution in [0.2, 0.25) is 0 Å². The molecule has 1 aromatic carbocycles. The van der Waals surface area contributed by atoms with E-state index in [9.17, 15) is 4.79 Å². The van der Waals surface area contributed by atoms with Gasteiger partial charge < -0.3 is 11.1 Å². The van der Waals surface area contributed by atoms with Crippen LogP contribution in [0, 0.1) is 0 Å². The fourth-order valence-electron chi connectivity index (χ4n) is 2.96. The van der Waals surface area contributed by atoms with E-state index in [1.54, 1.807) is 0 Å². The summed E-state index contributed by atoms with van der Waals surface area (Å²) in [6, 6.07) is 9.95. The lowest BCUT2D eigenvalue weighted by atomic mass is 9.94. The molecule has 4 heteroatoms. The van der Waals surface area contributed by atoms with Crippen molar-refractivity contribution in [3.8, 4) is 0 Å². The SMILES string of the molecule is CCSC1CCCCC1NC(=O)CC(N)c1ccccc1. The van der Waals surface area contributed by atoms with Gasteiger partial charge in [0.2, 0.25) is 5.91 Å². The van der Waals surface area contributed by atoms with Gasteiger partial charge in [-0.1, -0.05) is 50.1 Å². The molecule has 0 aliphatic heterocycles. The number of nitrogens with two attached hydrogens (primary N) is 1. The monoisotopic (exact) mass is 306 g/mol. The molecule has 1 aliphatic rings. The van der Waals surface area contributed by atoms with Crippen molar-refractivity contribution in [1.29, 1.82) is 0 Å². The quantitative estimate of drug-likeness (QED) is 0.848. The molecule has 1 fully saturated rings. The van der Waals surface area contributed by atoms with Crippen LogP contribution in [-0.2, 0) is 4.79 Å². The predicted octanol–water partition coefficient (Wildman–Crippen LogP) is 3.26. The second kappa shape index (κ2) is 8.44. The van der Waals surface area contributed by atoms with Crippen molar-refractivity contribution in [2.45, 2.75) is 56.4 Å². The summed E-state index contributed by atoms with van der Waals surface area (Å²) >= 11 is 1.97. The van der Waals surface area contributed by atoms with Gasteiger partial charge >= 0.3 is 0 Å². The lowest BCUT2D eigenvalue weighted by Crippen LogP contribution is -2.44. The van der Waals surface area contributed by atoms with Crippen molar-refractivity contribution in [2.75, 3.05) is 5.75 Å². The standard InChI is InChI=1S/C17H26N2OS/c1-2-21-16-11-7-6-10-15(16)19-17(20)12-14(18)13-8-4-3-5-9-13/h3-5,8-9,14-16H,2,6-7,10-12,18H2,1H3,(H,19,20). The van der Waals surface area contributed by atoms with E-state index in [0.717, 1.165) is 17.7 Å². The summed E-state index contributed by atoms with van der Waals surface area (Å²) in [6.07, 6.45) is 5.19. The number of amides is 1. The number of hydrogen-bond acceptors (Lipinski definition) is 3. The molecule has 3 atom stereocenters. The molecule has 1 amide bonds. The Labute approximate surface area is 132 Å². The minimum Gasteiger partial charge on any atom is -0.352 e. The number of carbonyl (C=O) groups is 1. The molecule has 2 rings (SSSR count). The van der Waals surface area contributed by atoms with Crippen LogP contribution in [0.15, 0.2) is 30.3 Å². The molecule has 0 spiro atoms. The number of hydrogen-bond donors (Lipinski definition) is 2. The van der Waals surface area contributed by atoms with Crippen molar-refractivity contribution in [3.63, 3.8) is 0 Å². The van der Waals surface area contributed by atoms with Crippen LogP contribution >= 0.6 is 11.8 Å². The smallest absolute Gasteiger partial charge is 0.222 e. The average Bonchev–Trinajstić information content (AvgIpc) is 2.50. The van der Waals surface area contributed by atoms with E-state index in [4.69, 9.17) is 5.73 Å². The summed E-state index contributed by atoms with van der Waals surface area (Å²) in [5.41, 5.74) is 7.15. The lowest BCUT2D eigenvalue weighted by Gasteiger charge is -2.32. The van der Waals surface area contributed by atoms with Gasteiger partial charge in [-0.2, -0.15) is 11.8 Å². The Hall–Kier alpha value is -1.00. The fraction of sp³-hybridized carbons (Fsp3) is 0.588. The Kier molecular flexibility index (Phi) is 6.58. The van der Waals surface area contributed by atoms with E-state index in [0.29, 0.717) is 17.7 Å². The molecule has 0 aromatic heterocycles. The molecule has 1 aromatic rings. The summed E-state index contributed by atoms with van der Waals surface area (Å²) in [6.45, 7) is 2.18. The molecular weight excluding hydrogens is 280 g/mol. The first-order valence-corrected chi connectivity index (χ1v) is 8.97. The molecule has 3 unspecified atom stereocenters. The molecule has 3 nitrogen and oxygen atoms in total. The molecule has 21 heavy (non-hydrogen) atoms. The molecule has 1 saturated carbocycles. The van der Waals surface area contributed by atoms with Crippen LogP contribution in [0.3, 0.4) is 0 Å². The number of nitrogens with one attached hydrogen (secondary N) is 1. The van der Waals surface area contributed by atoms with Crippen molar-refractivity contribution in [2.24, 2.45) is 5.73 Å². The summed E-state index contributed by atoms with van der Waals surface area (Å²) in [7, 11) is 0. The molecule has 116 valence electrons. The van der Waals surface area contributed by atoms with Crippen LogP contribution < -0.4 is 11.1 Å². The lowest BCUT2D eigenvalue weighted by molar-refractivity contribution is -0.122. The number of benzene rings is 1. The normalized spacial score (nSPS) is 23.5. The highest BCUT2D eigenvalue weighted by molar-refractivity contribution is 7.99. The molecule has 3 N–H and O–H groups in total. The second-order valence-corrected chi connectivity index (χ2v) is 7.19. The van der Waals surface area contributed by atoms with E-state index in [2.05, 4.69) is 12.2 Å². The minimum absolute atomic E-state index is 0.0833. The molecule has 1 aliphatic carbocycles. The Balaban J connectivity index is 1.85. The van der Waals surface area contributed by atoms with E-state index in [1.807, 2.05) is 42.1 Å². The van der Waals surface area contributed by atoms with Crippen LogP contribution in [0.4, 0.5) is 0 Å². The van der Waals surface area contributed by atoms with Crippen molar-refractivity contribution in [1.82, 2.24) is 5.32 Å². The topological polar surface area (TPSA) is 55.1 Å². The fourth-order valence-corrected chi connectivity index (χ4v) is 4.16. The van der Waals surface area contributed by atoms with Crippen LogP contribution in [0.5, 0.6) is 0 Å². The second-order valence-electron chi connectivity index (χ2n) is 5.67. The van der Waals surface area contributed by atoms with Gasteiger partial charge in [0.05, 0.1) is 0 Å². The first-order chi connectivity index (χ1) is 10.2. The Morgan fingerprint density at radius 1 is 1.33 bits per heavy atom. The van der Waals surface area contributed by atoms with E-state index < -0.39 is 0 Å². The number of carbonyl (C=O) groups excluding carboxylic acids is 1. The Morgan fingerprint density at radius 2 is 2.05 bits per heavy atom. The maximum Gasteiger partial charge on any atom is 0.222 e. The molecule has 0 saturated heterocycles. The number of thioether (sulfide) groups is 1. The number of rotatable bonds is 6. The summed E-state index contributed by atoms with van der Waals surface area (Å²) in [5, 5.41) is 3.78. The summed E-state index contributed by atoms with van der Waals surface area (Å²) in [4.78, 5) is 12.2. The van der Waals surface area contributed by atoms with Crippen LogP contribution in [0.1, 0.15) is 50.6 Å². The average molecular weight is 306 g/mol. The zero-order chi connectivity index (χ0) is 15.1. The zero-order valence-corrected chi connectivity index (χ0v) is 13.6. The Morgan fingerprint density at radius 3 is 2.76 bits per heavy atom. The largest absolute Gasteiger partial charge is 0.352 e. The molecule has 0 heterocycles. The van der Waals surface area contributed by atoms with Gasteiger partial charge in [0.15, 0.2) is 0 Å². The molecule has 0 bridgehead atoms. The van der Waals surface area contributed by atoms with E-state index in [1.165, 1.54) is 19.3 Å². The summed E-state index contributed by atoms with van der Waals surface area (Å²) in [5.74, 6) is 1.19. The minimum atomic E-state index is -0.216. The van der Waals surface area contributed by atoms with Gasteiger partial charge in [-0.05, 0) is 24.2 Å². The highest BCUT2D eigenvalue weighted by Crippen LogP contribution is 2.28. The third kappa shape index (κ3) is 5.04. The zero-order valence-electron chi connectivity index (χ0n) is 12.8. The van der Waals surface area contributed by atoms with Crippen LogP contribution in [-0.4, -0.2) is 23.0 Å². The third-order valence-corrected chi connectivity index (χ3v) is 5.39. The first kappa shape index (κ1) is 16.4. The van der Waals surface area contributed by atoms with Gasteiger partial charge in [0.1, 0.15) is 0 Å². The summed E-state index contributed by atoms with van der Waals surface area (Å²) < 4.78 is 0. The van der Waals surface area contributed by atoms with Gasteiger partial charge in [-0.15, -0.1) is 0 Å². The molecule has 0 radical (unpaired) electrons.